The zero-order chi connectivity index (χ0) is 23.4. The molecule has 0 spiro atoms. The van der Waals surface area contributed by atoms with E-state index < -0.39 is 0 Å². The van der Waals surface area contributed by atoms with E-state index in [1.165, 1.54) is 0 Å². The number of aromatic hydroxyl groups is 2. The van der Waals surface area contributed by atoms with Crippen LogP contribution in [0.1, 0.15) is 51.7 Å². The topological polar surface area (TPSA) is 69.1 Å². The fourth-order valence-corrected chi connectivity index (χ4v) is 5.12. The van der Waals surface area contributed by atoms with Gasteiger partial charge in [0.1, 0.15) is 5.82 Å². The van der Waals surface area contributed by atoms with Gasteiger partial charge in [-0.1, -0.05) is 88.4 Å². The Bertz CT molecular complexity index is 1260. The van der Waals surface area contributed by atoms with Crippen LogP contribution in [0, 0.1) is 0 Å². The molecule has 0 fully saturated rings. The smallest absolute Gasteiger partial charge is 0.168 e. The lowest BCUT2D eigenvalue weighted by Crippen LogP contribution is -2.34. The summed E-state index contributed by atoms with van der Waals surface area (Å²) in [6.45, 7) is 8.82. The largest absolute Gasteiger partial charge is 0.504 e. The first-order chi connectivity index (χ1) is 15.7. The van der Waals surface area contributed by atoms with E-state index in [1.807, 2.05) is 48.5 Å². The van der Waals surface area contributed by atoms with E-state index in [9.17, 15) is 10.2 Å². The Hall–Kier alpha value is -3.53. The van der Waals surface area contributed by atoms with Crippen LogP contribution in [0.2, 0.25) is 0 Å². The molecule has 1 aliphatic rings. The van der Waals surface area contributed by atoms with Crippen LogP contribution in [0.15, 0.2) is 66.7 Å². The first kappa shape index (κ1) is 21.3. The molecular weight excluding hydrogens is 408 g/mol. The van der Waals surface area contributed by atoms with E-state index in [0.29, 0.717) is 11.4 Å². The highest BCUT2D eigenvalue weighted by molar-refractivity contribution is 5.84. The summed E-state index contributed by atoms with van der Waals surface area (Å²) in [6.07, 6.45) is 2.00. The summed E-state index contributed by atoms with van der Waals surface area (Å²) in [5.74, 6) is 0.351. The highest BCUT2D eigenvalue weighted by Crippen LogP contribution is 2.54. The summed E-state index contributed by atoms with van der Waals surface area (Å²) in [6, 6.07) is 21.9. The van der Waals surface area contributed by atoms with E-state index in [4.69, 9.17) is 4.98 Å². The molecule has 0 saturated heterocycles. The number of nitrogens with zero attached hydrogens (tertiary/aromatic N) is 1. The Morgan fingerprint density at radius 2 is 1.36 bits per heavy atom. The third-order valence-corrected chi connectivity index (χ3v) is 7.11. The lowest BCUT2D eigenvalue weighted by Gasteiger charge is -2.43. The first-order valence-corrected chi connectivity index (χ1v) is 11.5. The van der Waals surface area contributed by atoms with Gasteiger partial charge in [0.2, 0.25) is 0 Å². The number of nitrogens with one attached hydrogen (secondary N) is 1. The lowest BCUT2D eigenvalue weighted by atomic mass is 9.61. The van der Waals surface area contributed by atoms with E-state index in [1.54, 1.807) is 6.07 Å². The molecule has 0 unspecified atom stereocenters. The molecule has 33 heavy (non-hydrogen) atoms. The molecule has 3 N–H and O–H groups in total. The zero-order valence-electron chi connectivity index (χ0n) is 19.6. The molecule has 4 heteroatoms. The summed E-state index contributed by atoms with van der Waals surface area (Å²) in [5, 5.41) is 21.9. The SMILES string of the molecule is CC1(C)CCC(C)(C)c2c1cc(O)c(O)c2-c1nc(-c2ccccc2)c(-c2ccccc2)[nH]1. The molecule has 0 saturated carbocycles. The Kier molecular flexibility index (Phi) is 4.86. The van der Waals surface area contributed by atoms with Gasteiger partial charge in [0.25, 0.3) is 0 Å². The Balaban J connectivity index is 1.83. The number of aromatic nitrogens is 2. The first-order valence-electron chi connectivity index (χ1n) is 11.5. The number of hydrogen-bond acceptors (Lipinski definition) is 3. The molecule has 4 aromatic rings. The van der Waals surface area contributed by atoms with E-state index in [2.05, 4.69) is 44.8 Å². The second-order valence-electron chi connectivity index (χ2n) is 10.4. The quantitative estimate of drug-likeness (QED) is 0.297. The van der Waals surface area contributed by atoms with Crippen LogP contribution in [-0.2, 0) is 10.8 Å². The highest BCUT2D eigenvalue weighted by Gasteiger charge is 2.41. The summed E-state index contributed by atoms with van der Waals surface area (Å²) >= 11 is 0. The molecular formula is C29H30N2O2. The summed E-state index contributed by atoms with van der Waals surface area (Å²) in [4.78, 5) is 8.54. The number of aromatic amines is 1. The molecule has 0 bridgehead atoms. The van der Waals surface area contributed by atoms with Crippen molar-refractivity contribution in [3.05, 3.63) is 77.9 Å². The number of rotatable bonds is 3. The van der Waals surface area contributed by atoms with Crippen molar-refractivity contribution in [3.8, 4) is 45.4 Å². The highest BCUT2D eigenvalue weighted by atomic mass is 16.3. The number of H-pyrrole nitrogens is 1. The molecule has 4 nitrogen and oxygen atoms in total. The van der Waals surface area contributed by atoms with E-state index in [-0.39, 0.29) is 22.3 Å². The average molecular weight is 439 g/mol. The number of benzene rings is 3. The molecule has 0 atom stereocenters. The van der Waals surface area contributed by atoms with Gasteiger partial charge in [0.15, 0.2) is 11.5 Å². The molecule has 0 amide bonds. The van der Waals surface area contributed by atoms with Gasteiger partial charge in [0.05, 0.1) is 17.0 Å². The van der Waals surface area contributed by atoms with Gasteiger partial charge >= 0.3 is 0 Å². The Morgan fingerprint density at radius 3 is 2.00 bits per heavy atom. The predicted octanol–water partition coefficient (Wildman–Crippen LogP) is 7.17. The van der Waals surface area contributed by atoms with Crippen molar-refractivity contribution < 1.29 is 10.2 Å². The molecule has 5 rings (SSSR count). The van der Waals surface area contributed by atoms with Crippen LogP contribution in [0.5, 0.6) is 11.5 Å². The Morgan fingerprint density at radius 1 is 0.788 bits per heavy atom. The second-order valence-corrected chi connectivity index (χ2v) is 10.4. The molecule has 0 radical (unpaired) electrons. The van der Waals surface area contributed by atoms with Gasteiger partial charge in [-0.3, -0.25) is 0 Å². The van der Waals surface area contributed by atoms with Crippen LogP contribution in [-0.4, -0.2) is 20.2 Å². The van der Waals surface area contributed by atoms with Crippen molar-refractivity contribution in [2.24, 2.45) is 0 Å². The monoisotopic (exact) mass is 438 g/mol. The van der Waals surface area contributed by atoms with E-state index in [0.717, 1.165) is 46.5 Å². The number of phenols is 2. The fraction of sp³-hybridized carbons (Fsp3) is 0.276. The Labute approximate surface area is 195 Å². The number of hydrogen-bond donors (Lipinski definition) is 3. The summed E-state index contributed by atoms with van der Waals surface area (Å²) < 4.78 is 0. The number of fused-ring (bicyclic) bond motifs is 1. The molecule has 3 aromatic carbocycles. The second kappa shape index (κ2) is 7.51. The minimum atomic E-state index is -0.169. The molecule has 1 aliphatic carbocycles. The van der Waals surface area contributed by atoms with Crippen LogP contribution in [0.25, 0.3) is 33.9 Å². The minimum Gasteiger partial charge on any atom is -0.504 e. The average Bonchev–Trinajstić information content (AvgIpc) is 3.24. The van der Waals surface area contributed by atoms with Gasteiger partial charge < -0.3 is 15.2 Å². The van der Waals surface area contributed by atoms with Crippen LogP contribution < -0.4 is 0 Å². The van der Waals surface area contributed by atoms with Gasteiger partial charge in [-0.05, 0) is 40.9 Å². The molecule has 0 aliphatic heterocycles. The van der Waals surface area contributed by atoms with Crippen LogP contribution in [0.3, 0.4) is 0 Å². The minimum absolute atomic E-state index is 0.103. The van der Waals surface area contributed by atoms with Crippen LogP contribution >= 0.6 is 0 Å². The van der Waals surface area contributed by atoms with Crippen molar-refractivity contribution >= 4 is 0 Å². The van der Waals surface area contributed by atoms with Crippen molar-refractivity contribution in [1.29, 1.82) is 0 Å². The maximum absolute atomic E-state index is 11.1. The molecule has 168 valence electrons. The standard InChI is InChI=1S/C29H30N2O2/c1-28(2)15-16-29(3,4)23-20(28)17-21(32)26(33)22(23)27-30-24(18-11-7-5-8-12-18)25(31-27)19-13-9-6-10-14-19/h5-14,17,32-33H,15-16H2,1-4H3,(H,30,31). The number of imidazole rings is 1. The molecule has 1 heterocycles. The van der Waals surface area contributed by atoms with Gasteiger partial charge in [-0.2, -0.15) is 0 Å². The maximum Gasteiger partial charge on any atom is 0.168 e. The van der Waals surface area contributed by atoms with Gasteiger partial charge in [0, 0.05) is 11.1 Å². The van der Waals surface area contributed by atoms with Crippen molar-refractivity contribution in [3.63, 3.8) is 0 Å². The maximum atomic E-state index is 11.1. The summed E-state index contributed by atoms with van der Waals surface area (Å²) in [5.41, 5.74) is 6.17. The van der Waals surface area contributed by atoms with Crippen LogP contribution in [0.4, 0.5) is 0 Å². The van der Waals surface area contributed by atoms with E-state index >= 15 is 0 Å². The third kappa shape index (κ3) is 3.50. The molecule has 1 aromatic heterocycles. The van der Waals surface area contributed by atoms with Crippen molar-refractivity contribution in [1.82, 2.24) is 9.97 Å². The van der Waals surface area contributed by atoms with Crippen molar-refractivity contribution in [2.45, 2.75) is 51.4 Å². The normalized spacial score (nSPS) is 16.4. The predicted molar refractivity (Wildman–Crippen MR) is 134 cm³/mol. The zero-order valence-corrected chi connectivity index (χ0v) is 19.6. The summed E-state index contributed by atoms with van der Waals surface area (Å²) in [7, 11) is 0. The van der Waals surface area contributed by atoms with Crippen molar-refractivity contribution in [2.75, 3.05) is 0 Å². The lowest BCUT2D eigenvalue weighted by molar-refractivity contribution is 0.326. The number of phenolic OH excluding ortho intramolecular Hbond substituents is 2. The third-order valence-electron chi connectivity index (χ3n) is 7.11. The fourth-order valence-electron chi connectivity index (χ4n) is 5.12. The van der Waals surface area contributed by atoms with Gasteiger partial charge in [-0.15, -0.1) is 0 Å². The van der Waals surface area contributed by atoms with Gasteiger partial charge in [-0.25, -0.2) is 4.98 Å².